The Kier molecular flexibility index (Phi) is 5.27. The van der Waals surface area contributed by atoms with Crippen molar-refractivity contribution in [2.75, 3.05) is 11.0 Å². The Hall–Kier alpha value is -0.330. The first-order chi connectivity index (χ1) is 4.66. The molecule has 0 spiro atoms. The van der Waals surface area contributed by atoms with Gasteiger partial charge in [-0.2, -0.15) is 0 Å². The van der Waals surface area contributed by atoms with Crippen LogP contribution in [0.1, 0.15) is 6.42 Å². The summed E-state index contributed by atoms with van der Waals surface area (Å²) in [5.74, 6) is -1.83. The number of hydrogen-bond donors (Lipinski definition) is 1. The average molecular weight is 258 g/mol. The second-order valence-electron chi connectivity index (χ2n) is 1.48. The van der Waals surface area contributed by atoms with Gasteiger partial charge in [0.2, 0.25) is 0 Å². The van der Waals surface area contributed by atoms with Crippen molar-refractivity contribution in [2.24, 2.45) is 0 Å². The fourth-order valence-corrected chi connectivity index (χ4v) is 0.547. The van der Waals surface area contributed by atoms with Gasteiger partial charge in [-0.3, -0.25) is 9.59 Å². The molecule has 0 radical (unpaired) electrons. The molecule has 10 heavy (non-hydrogen) atoms. The molecule has 5 heteroatoms. The van der Waals surface area contributed by atoms with E-state index in [1.807, 2.05) is 22.6 Å². The van der Waals surface area contributed by atoms with Crippen LogP contribution in [0.2, 0.25) is 0 Å². The van der Waals surface area contributed by atoms with Crippen molar-refractivity contribution in [1.29, 1.82) is 0 Å². The van der Waals surface area contributed by atoms with Crippen molar-refractivity contribution >= 4 is 34.5 Å². The number of ether oxygens (including phenoxy) is 1. The maximum absolute atomic E-state index is 10.4. The first-order valence-corrected chi connectivity index (χ1v) is 4.12. The zero-order valence-corrected chi connectivity index (χ0v) is 7.33. The van der Waals surface area contributed by atoms with Gasteiger partial charge in [-0.1, -0.05) is 22.6 Å². The van der Waals surface area contributed by atoms with E-state index in [2.05, 4.69) is 4.74 Å². The highest BCUT2D eigenvalue weighted by molar-refractivity contribution is 14.1. The number of aliphatic carboxylic acids is 1. The SMILES string of the molecule is O=C(O)CC(=O)OCCI. The van der Waals surface area contributed by atoms with Crippen molar-refractivity contribution < 1.29 is 19.4 Å². The van der Waals surface area contributed by atoms with E-state index in [4.69, 9.17) is 5.11 Å². The van der Waals surface area contributed by atoms with Crippen LogP contribution in [0.5, 0.6) is 0 Å². The highest BCUT2D eigenvalue weighted by Gasteiger charge is 2.07. The standard InChI is InChI=1S/C5H7IO4/c6-1-2-10-5(9)3-4(7)8/h1-3H2,(H,7,8). The van der Waals surface area contributed by atoms with Gasteiger partial charge in [0.25, 0.3) is 0 Å². The van der Waals surface area contributed by atoms with Crippen molar-refractivity contribution in [2.45, 2.75) is 6.42 Å². The van der Waals surface area contributed by atoms with Crippen molar-refractivity contribution in [3.8, 4) is 0 Å². The third-order valence-corrected chi connectivity index (χ3v) is 1.08. The molecule has 0 heterocycles. The maximum atomic E-state index is 10.4. The van der Waals surface area contributed by atoms with Gasteiger partial charge in [0.1, 0.15) is 13.0 Å². The molecular formula is C5H7IO4. The lowest BCUT2D eigenvalue weighted by Gasteiger charge is -1.97. The molecule has 0 aliphatic heterocycles. The minimum atomic E-state index is -1.15. The van der Waals surface area contributed by atoms with E-state index in [-0.39, 0.29) is 6.61 Å². The molecule has 0 aromatic carbocycles. The van der Waals surface area contributed by atoms with Crippen LogP contribution in [-0.2, 0) is 14.3 Å². The van der Waals surface area contributed by atoms with Gasteiger partial charge in [0.15, 0.2) is 0 Å². The number of rotatable bonds is 4. The third-order valence-electron chi connectivity index (χ3n) is 0.636. The number of carbonyl (C=O) groups is 2. The summed E-state index contributed by atoms with van der Waals surface area (Å²) in [6.45, 7) is 0.284. The third kappa shape index (κ3) is 5.80. The van der Waals surface area contributed by atoms with E-state index in [1.54, 1.807) is 0 Å². The Labute approximate surface area is 71.7 Å². The van der Waals surface area contributed by atoms with E-state index >= 15 is 0 Å². The highest BCUT2D eigenvalue weighted by Crippen LogP contribution is 1.88. The van der Waals surface area contributed by atoms with Crippen LogP contribution in [0.25, 0.3) is 0 Å². The summed E-state index contributed by atoms with van der Waals surface area (Å²) in [4.78, 5) is 20.3. The van der Waals surface area contributed by atoms with Crippen LogP contribution < -0.4 is 0 Å². The van der Waals surface area contributed by atoms with Gasteiger partial charge in [-0.25, -0.2) is 0 Å². The molecule has 0 bridgehead atoms. The number of carboxylic acid groups (broad SMARTS) is 1. The molecule has 58 valence electrons. The van der Waals surface area contributed by atoms with E-state index in [9.17, 15) is 9.59 Å². The summed E-state index contributed by atoms with van der Waals surface area (Å²) in [6, 6.07) is 0. The van der Waals surface area contributed by atoms with Crippen molar-refractivity contribution in [3.63, 3.8) is 0 Å². The van der Waals surface area contributed by atoms with Gasteiger partial charge >= 0.3 is 11.9 Å². The molecule has 1 N–H and O–H groups in total. The molecular weight excluding hydrogens is 251 g/mol. The van der Waals surface area contributed by atoms with Gasteiger partial charge < -0.3 is 9.84 Å². The van der Waals surface area contributed by atoms with Crippen LogP contribution in [0.15, 0.2) is 0 Å². The van der Waals surface area contributed by atoms with Gasteiger partial charge in [0, 0.05) is 4.43 Å². The molecule has 0 amide bonds. The Balaban J connectivity index is 3.35. The largest absolute Gasteiger partial charge is 0.481 e. The Bertz CT molecular complexity index is 134. The minimum Gasteiger partial charge on any atom is -0.481 e. The number of alkyl halides is 1. The molecule has 0 saturated heterocycles. The zero-order valence-electron chi connectivity index (χ0n) is 5.17. The molecule has 0 unspecified atom stereocenters. The van der Waals surface area contributed by atoms with Crippen molar-refractivity contribution in [3.05, 3.63) is 0 Å². The number of esters is 1. The molecule has 0 saturated carbocycles. The number of hydrogen-bond acceptors (Lipinski definition) is 3. The number of halogens is 1. The van der Waals surface area contributed by atoms with E-state index in [0.717, 1.165) is 0 Å². The first kappa shape index (κ1) is 9.67. The highest BCUT2D eigenvalue weighted by atomic mass is 127. The second-order valence-corrected chi connectivity index (χ2v) is 2.56. The summed E-state index contributed by atoms with van der Waals surface area (Å²) in [6.07, 6.45) is -0.545. The predicted octanol–water partition coefficient (Wildman–Crippen LogP) is 0.439. The van der Waals surface area contributed by atoms with Crippen LogP contribution in [0, 0.1) is 0 Å². The Morgan fingerprint density at radius 2 is 2.10 bits per heavy atom. The summed E-state index contributed by atoms with van der Waals surface area (Å²) >= 11 is 2.03. The summed E-state index contributed by atoms with van der Waals surface area (Å²) in [5.41, 5.74) is 0. The fraction of sp³-hybridized carbons (Fsp3) is 0.600. The summed E-state index contributed by atoms with van der Waals surface area (Å²) < 4.78 is 5.16. The Morgan fingerprint density at radius 3 is 2.50 bits per heavy atom. The second kappa shape index (κ2) is 5.45. The van der Waals surface area contributed by atoms with E-state index < -0.39 is 18.4 Å². The molecule has 0 aromatic rings. The Morgan fingerprint density at radius 1 is 1.50 bits per heavy atom. The molecule has 0 fully saturated rings. The summed E-state index contributed by atoms with van der Waals surface area (Å²) in [7, 11) is 0. The van der Waals surface area contributed by atoms with E-state index in [1.165, 1.54) is 0 Å². The van der Waals surface area contributed by atoms with E-state index in [0.29, 0.717) is 4.43 Å². The topological polar surface area (TPSA) is 63.6 Å². The predicted molar refractivity (Wildman–Crippen MR) is 42.1 cm³/mol. The lowest BCUT2D eigenvalue weighted by Crippen LogP contribution is -2.11. The molecule has 4 nitrogen and oxygen atoms in total. The number of carbonyl (C=O) groups excluding carboxylic acids is 1. The molecule has 0 atom stereocenters. The van der Waals surface area contributed by atoms with Crippen LogP contribution in [0.4, 0.5) is 0 Å². The van der Waals surface area contributed by atoms with Gasteiger partial charge in [-0.05, 0) is 0 Å². The zero-order chi connectivity index (χ0) is 7.98. The molecule has 0 aliphatic rings. The average Bonchev–Trinajstić information content (AvgIpc) is 1.82. The fourth-order valence-electron chi connectivity index (χ4n) is 0.327. The lowest BCUT2D eigenvalue weighted by molar-refractivity contribution is -0.150. The minimum absolute atomic E-state index is 0.284. The smallest absolute Gasteiger partial charge is 0.317 e. The normalized spacial score (nSPS) is 8.90. The lowest BCUT2D eigenvalue weighted by atomic mass is 10.4. The maximum Gasteiger partial charge on any atom is 0.317 e. The molecule has 0 aliphatic carbocycles. The van der Waals surface area contributed by atoms with Gasteiger partial charge in [-0.15, -0.1) is 0 Å². The summed E-state index contributed by atoms with van der Waals surface area (Å²) in [5, 5.41) is 8.08. The van der Waals surface area contributed by atoms with Crippen LogP contribution in [-0.4, -0.2) is 28.1 Å². The quantitative estimate of drug-likeness (QED) is 0.344. The molecule has 0 rings (SSSR count). The first-order valence-electron chi connectivity index (χ1n) is 2.60. The van der Waals surface area contributed by atoms with Crippen LogP contribution >= 0.6 is 22.6 Å². The van der Waals surface area contributed by atoms with Gasteiger partial charge in [0.05, 0.1) is 0 Å². The molecule has 0 aromatic heterocycles. The van der Waals surface area contributed by atoms with Crippen LogP contribution in [0.3, 0.4) is 0 Å². The monoisotopic (exact) mass is 258 g/mol. The van der Waals surface area contributed by atoms with Crippen molar-refractivity contribution in [1.82, 2.24) is 0 Å². The number of carboxylic acids is 1.